The summed E-state index contributed by atoms with van der Waals surface area (Å²) in [6.45, 7) is 1.20. The molecule has 26 heavy (non-hydrogen) atoms. The molecule has 0 radical (unpaired) electrons. The van der Waals surface area contributed by atoms with Gasteiger partial charge in [0.1, 0.15) is 11.9 Å². The van der Waals surface area contributed by atoms with Crippen molar-refractivity contribution in [2.45, 2.75) is 17.4 Å². The lowest BCUT2D eigenvalue weighted by Gasteiger charge is -2.17. The highest BCUT2D eigenvalue weighted by molar-refractivity contribution is 8.00. The van der Waals surface area contributed by atoms with Gasteiger partial charge in [-0.1, -0.05) is 0 Å². The van der Waals surface area contributed by atoms with Crippen LogP contribution in [0.15, 0.2) is 41.6 Å². The quantitative estimate of drug-likeness (QED) is 0.722. The van der Waals surface area contributed by atoms with Gasteiger partial charge < -0.3 is 14.5 Å². The molecule has 1 aromatic carbocycles. The van der Waals surface area contributed by atoms with Crippen LogP contribution in [0.25, 0.3) is 0 Å². The molecule has 1 saturated heterocycles. The normalized spacial score (nSPS) is 16.6. The SMILES string of the molecule is CN(C)c1cncc(OC2CCN(C(=O)CSc3ccc(F)cc3)C2)n1. The fourth-order valence-electron chi connectivity index (χ4n) is 2.60. The van der Waals surface area contributed by atoms with Crippen LogP contribution in [0, 0.1) is 5.82 Å². The van der Waals surface area contributed by atoms with Crippen molar-refractivity contribution in [1.82, 2.24) is 14.9 Å². The number of rotatable bonds is 6. The lowest BCUT2D eigenvalue weighted by atomic mass is 10.3. The van der Waals surface area contributed by atoms with Gasteiger partial charge in [0.2, 0.25) is 11.8 Å². The number of carbonyl (C=O) groups excluding carboxylic acids is 1. The molecule has 1 atom stereocenters. The number of hydrogen-bond donors (Lipinski definition) is 0. The van der Waals surface area contributed by atoms with E-state index in [4.69, 9.17) is 4.74 Å². The molecule has 8 heteroatoms. The molecule has 6 nitrogen and oxygen atoms in total. The number of anilines is 1. The summed E-state index contributed by atoms with van der Waals surface area (Å²) in [6, 6.07) is 6.16. The van der Waals surface area contributed by atoms with Crippen molar-refractivity contribution in [2.75, 3.05) is 37.8 Å². The van der Waals surface area contributed by atoms with Gasteiger partial charge in [-0.05, 0) is 24.3 Å². The summed E-state index contributed by atoms with van der Waals surface area (Å²) in [6.07, 6.45) is 3.94. The van der Waals surface area contributed by atoms with Crippen LogP contribution in [-0.2, 0) is 4.79 Å². The standard InChI is InChI=1S/C18H21FN4O2S/c1-22(2)16-9-20-10-17(21-16)25-14-7-8-23(11-14)18(24)12-26-15-5-3-13(19)4-6-15/h3-6,9-10,14H,7-8,11-12H2,1-2H3. The maximum absolute atomic E-state index is 12.9. The van der Waals surface area contributed by atoms with Gasteiger partial charge in [0.25, 0.3) is 0 Å². The summed E-state index contributed by atoms with van der Waals surface area (Å²) in [4.78, 5) is 25.4. The van der Waals surface area contributed by atoms with Crippen molar-refractivity contribution in [3.05, 3.63) is 42.5 Å². The number of nitrogens with zero attached hydrogens (tertiary/aromatic N) is 4. The van der Waals surface area contributed by atoms with Crippen molar-refractivity contribution < 1.29 is 13.9 Å². The van der Waals surface area contributed by atoms with Crippen LogP contribution in [0.5, 0.6) is 5.88 Å². The predicted octanol–water partition coefficient (Wildman–Crippen LogP) is 2.45. The monoisotopic (exact) mass is 376 g/mol. The Kier molecular flexibility index (Phi) is 5.92. The molecule has 2 aromatic rings. The zero-order valence-corrected chi connectivity index (χ0v) is 15.6. The minimum atomic E-state index is -0.276. The minimum absolute atomic E-state index is 0.0542. The number of thioether (sulfide) groups is 1. The van der Waals surface area contributed by atoms with E-state index in [1.165, 1.54) is 23.9 Å². The molecule has 138 valence electrons. The highest BCUT2D eigenvalue weighted by Gasteiger charge is 2.28. The molecule has 1 fully saturated rings. The topological polar surface area (TPSA) is 58.6 Å². The Bertz CT molecular complexity index is 757. The highest BCUT2D eigenvalue weighted by atomic mass is 32.2. The summed E-state index contributed by atoms with van der Waals surface area (Å²) in [7, 11) is 3.78. The number of halogens is 1. The zero-order valence-electron chi connectivity index (χ0n) is 14.8. The molecule has 0 N–H and O–H groups in total. The molecule has 0 aliphatic carbocycles. The van der Waals surface area contributed by atoms with Crippen LogP contribution in [0.1, 0.15) is 6.42 Å². The first-order valence-corrected chi connectivity index (χ1v) is 9.32. The summed E-state index contributed by atoms with van der Waals surface area (Å²) in [5.41, 5.74) is 0. The molecule has 0 bridgehead atoms. The number of hydrogen-bond acceptors (Lipinski definition) is 6. The number of likely N-dealkylation sites (tertiary alicyclic amines) is 1. The molecule has 1 aromatic heterocycles. The number of ether oxygens (including phenoxy) is 1. The Hall–Kier alpha value is -2.35. The Morgan fingerprint density at radius 2 is 2.12 bits per heavy atom. The van der Waals surface area contributed by atoms with E-state index in [0.717, 1.165) is 17.1 Å². The van der Waals surface area contributed by atoms with Gasteiger partial charge in [-0.3, -0.25) is 9.78 Å². The van der Waals surface area contributed by atoms with E-state index in [9.17, 15) is 9.18 Å². The van der Waals surface area contributed by atoms with Gasteiger partial charge in [0.15, 0.2) is 5.82 Å². The lowest BCUT2D eigenvalue weighted by molar-refractivity contribution is -0.127. The molecule has 1 aliphatic heterocycles. The van der Waals surface area contributed by atoms with E-state index in [-0.39, 0.29) is 17.8 Å². The van der Waals surface area contributed by atoms with Crippen molar-refractivity contribution in [1.29, 1.82) is 0 Å². The van der Waals surface area contributed by atoms with Crippen molar-refractivity contribution >= 4 is 23.5 Å². The van der Waals surface area contributed by atoms with Crippen molar-refractivity contribution in [2.24, 2.45) is 0 Å². The first-order chi connectivity index (χ1) is 12.5. The number of benzene rings is 1. The number of amides is 1. The highest BCUT2D eigenvalue weighted by Crippen LogP contribution is 2.22. The minimum Gasteiger partial charge on any atom is -0.471 e. The molecule has 2 heterocycles. The third-order valence-electron chi connectivity index (χ3n) is 4.02. The maximum atomic E-state index is 12.9. The summed E-state index contributed by atoms with van der Waals surface area (Å²) in [5.74, 6) is 1.30. The first-order valence-electron chi connectivity index (χ1n) is 8.33. The smallest absolute Gasteiger partial charge is 0.234 e. The summed E-state index contributed by atoms with van der Waals surface area (Å²) in [5, 5.41) is 0. The summed E-state index contributed by atoms with van der Waals surface area (Å²) < 4.78 is 18.8. The van der Waals surface area contributed by atoms with E-state index >= 15 is 0 Å². The fourth-order valence-corrected chi connectivity index (χ4v) is 3.40. The third kappa shape index (κ3) is 4.85. The van der Waals surface area contributed by atoms with Crippen LogP contribution in [-0.4, -0.2) is 59.8 Å². The van der Waals surface area contributed by atoms with Gasteiger partial charge in [-0.25, -0.2) is 4.39 Å². The van der Waals surface area contributed by atoms with E-state index in [1.54, 1.807) is 29.4 Å². The molecular weight excluding hydrogens is 355 g/mol. The second kappa shape index (κ2) is 8.35. The van der Waals surface area contributed by atoms with Crippen LogP contribution in [0.2, 0.25) is 0 Å². The molecule has 0 spiro atoms. The maximum Gasteiger partial charge on any atom is 0.234 e. The molecular formula is C18H21FN4O2S. The second-order valence-corrected chi connectivity index (χ2v) is 7.27. The average Bonchev–Trinajstić information content (AvgIpc) is 3.10. The van der Waals surface area contributed by atoms with Crippen molar-refractivity contribution in [3.8, 4) is 5.88 Å². The number of aromatic nitrogens is 2. The Balaban J connectivity index is 1.49. The van der Waals surface area contributed by atoms with Crippen LogP contribution in [0.4, 0.5) is 10.2 Å². The predicted molar refractivity (Wildman–Crippen MR) is 99.1 cm³/mol. The van der Waals surface area contributed by atoms with Gasteiger partial charge in [-0.15, -0.1) is 11.8 Å². The molecule has 0 saturated carbocycles. The van der Waals surface area contributed by atoms with Gasteiger partial charge >= 0.3 is 0 Å². The first kappa shape index (κ1) is 18.4. The van der Waals surface area contributed by atoms with Crippen molar-refractivity contribution in [3.63, 3.8) is 0 Å². The van der Waals surface area contributed by atoms with Crippen LogP contribution < -0.4 is 9.64 Å². The summed E-state index contributed by atoms with van der Waals surface area (Å²) >= 11 is 1.41. The van der Waals surface area contributed by atoms with Gasteiger partial charge in [0, 0.05) is 32.0 Å². The largest absolute Gasteiger partial charge is 0.471 e. The Morgan fingerprint density at radius 1 is 1.35 bits per heavy atom. The van der Waals surface area contributed by atoms with Gasteiger partial charge in [0.05, 0.1) is 24.7 Å². The third-order valence-corrected chi connectivity index (χ3v) is 5.02. The zero-order chi connectivity index (χ0) is 18.5. The lowest BCUT2D eigenvalue weighted by Crippen LogP contribution is -2.32. The second-order valence-electron chi connectivity index (χ2n) is 6.22. The Morgan fingerprint density at radius 3 is 2.85 bits per heavy atom. The van der Waals surface area contributed by atoms with E-state index in [2.05, 4.69) is 9.97 Å². The molecule has 1 amide bonds. The van der Waals surface area contributed by atoms with Crippen LogP contribution >= 0.6 is 11.8 Å². The Labute approximate surface area is 156 Å². The van der Waals surface area contributed by atoms with Gasteiger partial charge in [-0.2, -0.15) is 4.98 Å². The van der Waals surface area contributed by atoms with E-state index < -0.39 is 0 Å². The van der Waals surface area contributed by atoms with E-state index in [1.807, 2.05) is 19.0 Å². The molecule has 3 rings (SSSR count). The fraction of sp³-hybridized carbons (Fsp3) is 0.389. The number of carbonyl (C=O) groups is 1. The average molecular weight is 376 g/mol. The van der Waals surface area contributed by atoms with E-state index in [0.29, 0.717) is 24.7 Å². The molecule has 1 aliphatic rings. The van der Waals surface area contributed by atoms with Crippen LogP contribution in [0.3, 0.4) is 0 Å². The molecule has 1 unspecified atom stereocenters.